The predicted octanol–water partition coefficient (Wildman–Crippen LogP) is 3.68. The van der Waals surface area contributed by atoms with Gasteiger partial charge in [0, 0.05) is 24.4 Å². The molecule has 0 radical (unpaired) electrons. The highest BCUT2D eigenvalue weighted by molar-refractivity contribution is 5.81. The maximum absolute atomic E-state index is 12.4. The first-order valence-electron chi connectivity index (χ1n) is 9.38. The van der Waals surface area contributed by atoms with E-state index >= 15 is 0 Å². The minimum Gasteiger partial charge on any atom is -0.390 e. The van der Waals surface area contributed by atoms with Crippen molar-refractivity contribution in [3.05, 3.63) is 35.4 Å². The van der Waals surface area contributed by atoms with Crippen molar-refractivity contribution in [1.82, 2.24) is 4.90 Å². The van der Waals surface area contributed by atoms with E-state index in [2.05, 4.69) is 38.1 Å². The van der Waals surface area contributed by atoms with Crippen molar-refractivity contribution in [1.29, 1.82) is 0 Å². The van der Waals surface area contributed by atoms with Gasteiger partial charge in [-0.3, -0.25) is 4.79 Å². The van der Waals surface area contributed by atoms with E-state index in [0.29, 0.717) is 30.1 Å². The number of amides is 1. The zero-order valence-corrected chi connectivity index (χ0v) is 15.1. The maximum Gasteiger partial charge on any atom is 0.225 e. The molecule has 3 nitrogen and oxygen atoms in total. The molecule has 4 rings (SSSR count). The fourth-order valence-corrected chi connectivity index (χ4v) is 5.01. The third-order valence-corrected chi connectivity index (χ3v) is 6.49. The smallest absolute Gasteiger partial charge is 0.225 e. The molecule has 3 fully saturated rings. The summed E-state index contributed by atoms with van der Waals surface area (Å²) in [6, 6.07) is 9.05. The zero-order valence-electron chi connectivity index (χ0n) is 15.1. The Morgan fingerprint density at radius 1 is 1.21 bits per heavy atom. The van der Waals surface area contributed by atoms with E-state index in [1.165, 1.54) is 24.0 Å². The highest BCUT2D eigenvalue weighted by atomic mass is 16.3. The van der Waals surface area contributed by atoms with Gasteiger partial charge in [0.25, 0.3) is 0 Å². The summed E-state index contributed by atoms with van der Waals surface area (Å²) in [7, 11) is 0. The van der Waals surface area contributed by atoms with Crippen LogP contribution in [0.3, 0.4) is 0 Å². The molecule has 0 atom stereocenters. The Morgan fingerprint density at radius 3 is 2.46 bits per heavy atom. The van der Waals surface area contributed by atoms with Gasteiger partial charge in [-0.05, 0) is 55.6 Å². The van der Waals surface area contributed by atoms with Gasteiger partial charge in [-0.2, -0.15) is 0 Å². The van der Waals surface area contributed by atoms with Crippen molar-refractivity contribution in [3.63, 3.8) is 0 Å². The molecule has 2 saturated carbocycles. The molecule has 1 spiro atoms. The molecule has 1 heterocycles. The molecule has 130 valence electrons. The molecule has 24 heavy (non-hydrogen) atoms. The van der Waals surface area contributed by atoms with Gasteiger partial charge in [0.05, 0.1) is 5.60 Å². The van der Waals surface area contributed by atoms with Crippen molar-refractivity contribution in [2.24, 2.45) is 11.3 Å². The van der Waals surface area contributed by atoms with E-state index in [1.54, 1.807) is 0 Å². The normalized spacial score (nSPS) is 31.5. The van der Waals surface area contributed by atoms with Crippen LogP contribution in [0.5, 0.6) is 0 Å². The second kappa shape index (κ2) is 5.32. The topological polar surface area (TPSA) is 40.5 Å². The Morgan fingerprint density at radius 2 is 1.88 bits per heavy atom. The Hall–Kier alpha value is -1.35. The summed E-state index contributed by atoms with van der Waals surface area (Å²) in [5.41, 5.74) is 2.69. The van der Waals surface area contributed by atoms with Gasteiger partial charge < -0.3 is 10.0 Å². The first kappa shape index (κ1) is 16.1. The van der Waals surface area contributed by atoms with Gasteiger partial charge in [0.2, 0.25) is 5.91 Å². The second-order valence-corrected chi connectivity index (χ2v) is 9.23. The standard InChI is InChI=1S/C21H29NO2/c1-14(2)15-5-4-6-16(7-15)17-10-21(11-17)12-22(13-21)19(23)18-8-20(3,24)9-18/h4-7,14,17-18,24H,8-13H2,1-3H3/t18-,20+. The molecule has 1 aromatic carbocycles. The van der Waals surface area contributed by atoms with Crippen molar-refractivity contribution in [2.75, 3.05) is 13.1 Å². The summed E-state index contributed by atoms with van der Waals surface area (Å²) in [5.74, 6) is 1.59. The quantitative estimate of drug-likeness (QED) is 0.920. The number of benzene rings is 1. The van der Waals surface area contributed by atoms with E-state index in [1.807, 2.05) is 11.8 Å². The molecular weight excluding hydrogens is 298 g/mol. The van der Waals surface area contributed by atoms with E-state index < -0.39 is 5.60 Å². The van der Waals surface area contributed by atoms with Crippen LogP contribution in [0.1, 0.15) is 69.4 Å². The second-order valence-electron chi connectivity index (χ2n) is 9.23. The van der Waals surface area contributed by atoms with Crippen molar-refractivity contribution >= 4 is 5.91 Å². The summed E-state index contributed by atoms with van der Waals surface area (Å²) in [6.45, 7) is 8.19. The van der Waals surface area contributed by atoms with Crippen LogP contribution in [0.4, 0.5) is 0 Å². The van der Waals surface area contributed by atoms with Gasteiger partial charge in [-0.15, -0.1) is 0 Å². The van der Waals surface area contributed by atoms with Crippen LogP contribution >= 0.6 is 0 Å². The third-order valence-electron chi connectivity index (χ3n) is 6.49. The molecule has 1 saturated heterocycles. The average molecular weight is 327 g/mol. The van der Waals surface area contributed by atoms with Crippen molar-refractivity contribution in [2.45, 2.75) is 63.9 Å². The number of nitrogens with zero attached hydrogens (tertiary/aromatic N) is 1. The molecule has 1 amide bonds. The van der Waals surface area contributed by atoms with Gasteiger partial charge in [0.1, 0.15) is 0 Å². The summed E-state index contributed by atoms with van der Waals surface area (Å²) in [4.78, 5) is 14.4. The minimum absolute atomic E-state index is 0.0657. The average Bonchev–Trinajstić information content (AvgIpc) is 2.41. The molecule has 0 unspecified atom stereocenters. The third kappa shape index (κ3) is 2.67. The highest BCUT2D eigenvalue weighted by Gasteiger charge is 2.55. The highest BCUT2D eigenvalue weighted by Crippen LogP contribution is 2.56. The number of hydrogen-bond acceptors (Lipinski definition) is 2. The van der Waals surface area contributed by atoms with Crippen LogP contribution in [0.15, 0.2) is 24.3 Å². The Kier molecular flexibility index (Phi) is 3.58. The molecule has 0 aromatic heterocycles. The summed E-state index contributed by atoms with van der Waals surface area (Å²) in [6.07, 6.45) is 3.72. The summed E-state index contributed by atoms with van der Waals surface area (Å²) >= 11 is 0. The van der Waals surface area contributed by atoms with Crippen molar-refractivity contribution < 1.29 is 9.90 Å². The lowest BCUT2D eigenvalue weighted by atomic mass is 9.55. The van der Waals surface area contributed by atoms with Crippen LogP contribution in [-0.2, 0) is 4.79 Å². The van der Waals surface area contributed by atoms with Crippen LogP contribution in [0.2, 0.25) is 0 Å². The Balaban J connectivity index is 1.30. The number of carbonyl (C=O) groups is 1. The first-order chi connectivity index (χ1) is 11.3. The number of hydrogen-bond donors (Lipinski definition) is 1. The van der Waals surface area contributed by atoms with Gasteiger partial charge in [-0.25, -0.2) is 0 Å². The molecule has 3 aliphatic rings. The molecule has 1 aromatic rings. The number of rotatable bonds is 3. The lowest BCUT2D eigenvalue weighted by Gasteiger charge is -2.60. The predicted molar refractivity (Wildman–Crippen MR) is 94.9 cm³/mol. The SMILES string of the molecule is CC(C)c1cccc(C2CC3(C2)CN(C(=O)[C@H]2C[C@@](C)(O)C2)C3)c1. The summed E-state index contributed by atoms with van der Waals surface area (Å²) in [5, 5.41) is 9.82. The van der Waals surface area contributed by atoms with Crippen molar-refractivity contribution in [3.8, 4) is 0 Å². The van der Waals surface area contributed by atoms with Gasteiger partial charge >= 0.3 is 0 Å². The maximum atomic E-state index is 12.4. The van der Waals surface area contributed by atoms with E-state index in [4.69, 9.17) is 0 Å². The molecule has 1 N–H and O–H groups in total. The Bertz CT molecular complexity index is 642. The fraction of sp³-hybridized carbons (Fsp3) is 0.667. The Labute approximate surface area is 145 Å². The minimum atomic E-state index is -0.605. The summed E-state index contributed by atoms with van der Waals surface area (Å²) < 4.78 is 0. The molecule has 2 aliphatic carbocycles. The van der Waals surface area contributed by atoms with Crippen LogP contribution in [0, 0.1) is 11.3 Å². The van der Waals surface area contributed by atoms with Gasteiger partial charge in [-0.1, -0.05) is 38.1 Å². The molecule has 3 heteroatoms. The number of carbonyl (C=O) groups excluding carboxylic acids is 1. The number of likely N-dealkylation sites (tertiary alicyclic amines) is 1. The monoisotopic (exact) mass is 327 g/mol. The molecule has 1 aliphatic heterocycles. The largest absolute Gasteiger partial charge is 0.390 e. The van der Waals surface area contributed by atoms with E-state index in [0.717, 1.165) is 13.1 Å². The fourth-order valence-electron chi connectivity index (χ4n) is 5.01. The van der Waals surface area contributed by atoms with Gasteiger partial charge in [0.15, 0.2) is 0 Å². The molecule has 0 bridgehead atoms. The van der Waals surface area contributed by atoms with E-state index in [-0.39, 0.29) is 11.8 Å². The number of aliphatic hydroxyl groups is 1. The lowest BCUT2D eigenvalue weighted by molar-refractivity contribution is -0.168. The molecular formula is C21H29NO2. The first-order valence-corrected chi connectivity index (χ1v) is 9.38. The van der Waals surface area contributed by atoms with Crippen LogP contribution < -0.4 is 0 Å². The van der Waals surface area contributed by atoms with Crippen LogP contribution in [0.25, 0.3) is 0 Å². The lowest BCUT2D eigenvalue weighted by Crippen LogP contribution is -2.65. The van der Waals surface area contributed by atoms with Crippen LogP contribution in [-0.4, -0.2) is 34.6 Å². The zero-order chi connectivity index (χ0) is 17.1. The van der Waals surface area contributed by atoms with E-state index in [9.17, 15) is 9.90 Å².